The number of nitrogens with zero attached hydrogens (tertiary/aromatic N) is 3. The van der Waals surface area contributed by atoms with E-state index in [1.165, 1.54) is 15.6 Å². The molecule has 164 valence electrons. The Morgan fingerprint density at radius 1 is 0.969 bits per heavy atom. The SMILES string of the molecule is Cc1ccc(S(=O)(=O)N2CCN(C(=O)c3ccc(-c4nc5ccccc5s4)o3)CC2)cc1. The van der Waals surface area contributed by atoms with Gasteiger partial charge in [0.2, 0.25) is 10.0 Å². The summed E-state index contributed by atoms with van der Waals surface area (Å²) in [7, 11) is -3.57. The van der Waals surface area contributed by atoms with Crippen LogP contribution < -0.4 is 0 Å². The molecule has 0 N–H and O–H groups in total. The molecule has 0 bridgehead atoms. The van der Waals surface area contributed by atoms with E-state index in [0.717, 1.165) is 20.8 Å². The summed E-state index contributed by atoms with van der Waals surface area (Å²) in [6, 6.07) is 18.0. The van der Waals surface area contributed by atoms with E-state index in [9.17, 15) is 13.2 Å². The van der Waals surface area contributed by atoms with Gasteiger partial charge in [0.05, 0.1) is 15.1 Å². The van der Waals surface area contributed by atoms with Gasteiger partial charge in [0, 0.05) is 26.2 Å². The van der Waals surface area contributed by atoms with Crippen molar-refractivity contribution >= 4 is 37.5 Å². The van der Waals surface area contributed by atoms with Crippen LogP contribution in [0.5, 0.6) is 0 Å². The number of carbonyl (C=O) groups excluding carboxylic acids is 1. The molecule has 3 heterocycles. The smallest absolute Gasteiger partial charge is 0.289 e. The Labute approximate surface area is 190 Å². The fourth-order valence-corrected chi connectivity index (χ4v) is 6.04. The average molecular weight is 468 g/mol. The quantitative estimate of drug-likeness (QED) is 0.453. The van der Waals surface area contributed by atoms with Crippen LogP contribution >= 0.6 is 11.3 Å². The molecule has 0 radical (unpaired) electrons. The first-order valence-corrected chi connectivity index (χ1v) is 12.5. The van der Waals surface area contributed by atoms with Gasteiger partial charge in [-0.25, -0.2) is 13.4 Å². The number of furan rings is 1. The standard InChI is InChI=1S/C23H21N3O4S2/c1-16-6-8-17(9-7-16)32(28,29)26-14-12-25(13-15-26)23(27)20-11-10-19(30-20)22-24-18-4-2-3-5-21(18)31-22/h2-11H,12-15H2,1H3. The third-order valence-electron chi connectivity index (χ3n) is 5.51. The van der Waals surface area contributed by atoms with Crippen LogP contribution in [0.15, 0.2) is 70.0 Å². The number of aryl methyl sites for hydroxylation is 1. The van der Waals surface area contributed by atoms with Gasteiger partial charge in [-0.15, -0.1) is 11.3 Å². The lowest BCUT2D eigenvalue weighted by atomic mass is 10.2. The molecule has 1 aliphatic heterocycles. The molecule has 1 aliphatic rings. The highest BCUT2D eigenvalue weighted by atomic mass is 32.2. The molecule has 0 saturated carbocycles. The first kappa shape index (κ1) is 20.9. The molecule has 7 nitrogen and oxygen atoms in total. The van der Waals surface area contributed by atoms with Gasteiger partial charge < -0.3 is 9.32 Å². The number of para-hydroxylation sites is 1. The summed E-state index contributed by atoms with van der Waals surface area (Å²) < 4.78 is 34.0. The minimum Gasteiger partial charge on any atom is -0.448 e. The number of thiazole rings is 1. The number of amides is 1. The van der Waals surface area contributed by atoms with Gasteiger partial charge in [-0.2, -0.15) is 4.31 Å². The van der Waals surface area contributed by atoms with Crippen molar-refractivity contribution in [3.05, 3.63) is 72.0 Å². The second-order valence-corrected chi connectivity index (χ2v) is 10.6. The Balaban J connectivity index is 1.27. The lowest BCUT2D eigenvalue weighted by molar-refractivity contribution is 0.0667. The van der Waals surface area contributed by atoms with Crippen molar-refractivity contribution in [2.45, 2.75) is 11.8 Å². The summed E-state index contributed by atoms with van der Waals surface area (Å²) in [5, 5.41) is 0.722. The maximum atomic E-state index is 12.9. The highest BCUT2D eigenvalue weighted by Gasteiger charge is 2.31. The molecule has 1 saturated heterocycles. The van der Waals surface area contributed by atoms with Gasteiger partial charge in [0.1, 0.15) is 0 Å². The van der Waals surface area contributed by atoms with Crippen LogP contribution in [-0.2, 0) is 10.0 Å². The van der Waals surface area contributed by atoms with Gasteiger partial charge >= 0.3 is 0 Å². The topological polar surface area (TPSA) is 83.7 Å². The lowest BCUT2D eigenvalue weighted by Gasteiger charge is -2.33. The van der Waals surface area contributed by atoms with Crippen molar-refractivity contribution in [3.63, 3.8) is 0 Å². The third-order valence-corrected chi connectivity index (χ3v) is 8.47. The van der Waals surface area contributed by atoms with Crippen LogP contribution in [0.1, 0.15) is 16.1 Å². The summed E-state index contributed by atoms with van der Waals surface area (Å²) in [4.78, 5) is 19.4. The second-order valence-electron chi connectivity index (χ2n) is 7.66. The number of piperazine rings is 1. The predicted octanol–water partition coefficient (Wildman–Crippen LogP) is 4.01. The maximum absolute atomic E-state index is 12.9. The lowest BCUT2D eigenvalue weighted by Crippen LogP contribution is -2.50. The predicted molar refractivity (Wildman–Crippen MR) is 123 cm³/mol. The van der Waals surface area contributed by atoms with Crippen molar-refractivity contribution in [2.75, 3.05) is 26.2 Å². The van der Waals surface area contributed by atoms with Gasteiger partial charge in [0.25, 0.3) is 5.91 Å². The molecule has 9 heteroatoms. The monoisotopic (exact) mass is 467 g/mol. The first-order chi connectivity index (χ1) is 15.4. The van der Waals surface area contributed by atoms with Crippen molar-refractivity contribution in [1.82, 2.24) is 14.2 Å². The zero-order chi connectivity index (χ0) is 22.3. The zero-order valence-corrected chi connectivity index (χ0v) is 19.0. The number of hydrogen-bond donors (Lipinski definition) is 0. The summed E-state index contributed by atoms with van der Waals surface area (Å²) in [5.41, 5.74) is 1.89. The molecule has 0 unspecified atom stereocenters. The van der Waals surface area contributed by atoms with E-state index in [-0.39, 0.29) is 29.7 Å². The minimum atomic E-state index is -3.57. The van der Waals surface area contributed by atoms with Crippen LogP contribution in [0, 0.1) is 6.92 Å². The highest BCUT2D eigenvalue weighted by molar-refractivity contribution is 7.89. The average Bonchev–Trinajstić information content (AvgIpc) is 3.46. The summed E-state index contributed by atoms with van der Waals surface area (Å²) in [6.07, 6.45) is 0. The molecule has 0 spiro atoms. The van der Waals surface area contributed by atoms with Crippen molar-refractivity contribution in [1.29, 1.82) is 0 Å². The van der Waals surface area contributed by atoms with E-state index in [0.29, 0.717) is 18.8 Å². The Kier molecular flexibility index (Phi) is 5.32. The van der Waals surface area contributed by atoms with Crippen LogP contribution in [0.2, 0.25) is 0 Å². The van der Waals surface area contributed by atoms with Gasteiger partial charge in [-0.05, 0) is 43.3 Å². The Morgan fingerprint density at radius 2 is 1.69 bits per heavy atom. The number of aromatic nitrogens is 1. The largest absolute Gasteiger partial charge is 0.448 e. The Bertz CT molecular complexity index is 1350. The molecule has 1 amide bonds. The van der Waals surface area contributed by atoms with E-state index in [1.54, 1.807) is 41.3 Å². The van der Waals surface area contributed by atoms with Crippen molar-refractivity contribution in [3.8, 4) is 10.8 Å². The van der Waals surface area contributed by atoms with E-state index < -0.39 is 10.0 Å². The van der Waals surface area contributed by atoms with E-state index >= 15 is 0 Å². The summed E-state index contributed by atoms with van der Waals surface area (Å²) >= 11 is 1.51. The molecule has 2 aromatic carbocycles. The minimum absolute atomic E-state index is 0.231. The van der Waals surface area contributed by atoms with Gasteiger partial charge in [-0.3, -0.25) is 4.79 Å². The molecule has 1 fully saturated rings. The Hall–Kier alpha value is -3.01. The number of sulfonamides is 1. The maximum Gasteiger partial charge on any atom is 0.289 e. The second kappa shape index (κ2) is 8.16. The fraction of sp³-hybridized carbons (Fsp3) is 0.217. The molecule has 2 aromatic heterocycles. The fourth-order valence-electron chi connectivity index (χ4n) is 3.69. The van der Waals surface area contributed by atoms with Crippen LogP contribution in [-0.4, -0.2) is 54.7 Å². The van der Waals surface area contributed by atoms with Crippen LogP contribution in [0.25, 0.3) is 21.0 Å². The van der Waals surface area contributed by atoms with E-state index in [1.807, 2.05) is 31.2 Å². The molecule has 4 aromatic rings. The molecule has 5 rings (SSSR count). The first-order valence-electron chi connectivity index (χ1n) is 10.2. The molecule has 0 aliphatic carbocycles. The van der Waals surface area contributed by atoms with Crippen LogP contribution in [0.3, 0.4) is 0 Å². The molecule has 0 atom stereocenters. The van der Waals surface area contributed by atoms with Gasteiger partial charge in [0.15, 0.2) is 16.5 Å². The number of benzene rings is 2. The van der Waals surface area contributed by atoms with Gasteiger partial charge in [-0.1, -0.05) is 29.8 Å². The van der Waals surface area contributed by atoms with Crippen molar-refractivity contribution in [2.24, 2.45) is 0 Å². The highest BCUT2D eigenvalue weighted by Crippen LogP contribution is 2.31. The molecular formula is C23H21N3O4S2. The number of fused-ring (bicyclic) bond motifs is 1. The normalized spacial score (nSPS) is 15.3. The molecule has 32 heavy (non-hydrogen) atoms. The van der Waals surface area contributed by atoms with E-state index in [2.05, 4.69) is 4.98 Å². The third kappa shape index (κ3) is 3.83. The molecular weight excluding hydrogens is 446 g/mol. The van der Waals surface area contributed by atoms with Crippen LogP contribution in [0.4, 0.5) is 0 Å². The Morgan fingerprint density at radius 3 is 2.41 bits per heavy atom. The zero-order valence-electron chi connectivity index (χ0n) is 17.4. The number of carbonyl (C=O) groups is 1. The van der Waals surface area contributed by atoms with Crippen molar-refractivity contribution < 1.29 is 17.6 Å². The number of hydrogen-bond acceptors (Lipinski definition) is 6. The van der Waals surface area contributed by atoms with E-state index in [4.69, 9.17) is 4.42 Å². The number of rotatable bonds is 4. The summed E-state index contributed by atoms with van der Waals surface area (Å²) in [6.45, 7) is 3.01. The summed E-state index contributed by atoms with van der Waals surface area (Å²) in [5.74, 6) is 0.536.